The van der Waals surface area contributed by atoms with E-state index < -0.39 is 0 Å². The fourth-order valence-corrected chi connectivity index (χ4v) is 1.71. The molecule has 1 heterocycles. The number of hydrogen-bond acceptors (Lipinski definition) is 3. The number of anilines is 1. The number of nitrogens with zero attached hydrogens (tertiary/aromatic N) is 1. The normalized spacial score (nSPS) is 9.90. The second-order valence-electron chi connectivity index (χ2n) is 4.27. The van der Waals surface area contributed by atoms with E-state index >= 15 is 0 Å². The van der Waals surface area contributed by atoms with Crippen molar-refractivity contribution in [1.82, 2.24) is 10.3 Å². The molecule has 5 nitrogen and oxygen atoms in total. The molecule has 0 saturated heterocycles. The minimum atomic E-state index is -0.276. The molecule has 0 aliphatic carbocycles. The topological polar surface area (TPSA) is 71.1 Å². The number of amides is 2. The van der Waals surface area contributed by atoms with Crippen molar-refractivity contribution in [1.29, 1.82) is 0 Å². The second-order valence-corrected chi connectivity index (χ2v) is 4.27. The molecule has 2 amide bonds. The molecule has 0 spiro atoms. The molecule has 1 aromatic heterocycles. The van der Waals surface area contributed by atoms with Crippen LogP contribution in [0, 0.1) is 6.92 Å². The molecule has 0 fully saturated rings. The maximum Gasteiger partial charge on any atom is 0.274 e. The first-order valence-electron chi connectivity index (χ1n) is 6.17. The molecule has 5 heteroatoms. The van der Waals surface area contributed by atoms with Gasteiger partial charge in [0.25, 0.3) is 11.8 Å². The van der Waals surface area contributed by atoms with Crippen LogP contribution in [0.2, 0.25) is 0 Å². The Morgan fingerprint density at radius 3 is 2.30 bits per heavy atom. The Balaban J connectivity index is 2.10. The summed E-state index contributed by atoms with van der Waals surface area (Å²) in [4.78, 5) is 27.5. The molecule has 0 radical (unpaired) electrons. The van der Waals surface area contributed by atoms with Gasteiger partial charge < -0.3 is 10.6 Å². The van der Waals surface area contributed by atoms with Gasteiger partial charge in [-0.1, -0.05) is 6.07 Å². The van der Waals surface area contributed by atoms with E-state index in [-0.39, 0.29) is 11.8 Å². The van der Waals surface area contributed by atoms with E-state index in [1.54, 1.807) is 43.4 Å². The monoisotopic (exact) mass is 269 g/mol. The van der Waals surface area contributed by atoms with E-state index in [1.807, 2.05) is 13.0 Å². The van der Waals surface area contributed by atoms with Crippen LogP contribution in [0.4, 0.5) is 5.69 Å². The predicted octanol–water partition coefficient (Wildman–Crippen LogP) is 2.00. The van der Waals surface area contributed by atoms with E-state index in [2.05, 4.69) is 15.6 Å². The highest BCUT2D eigenvalue weighted by atomic mass is 16.2. The van der Waals surface area contributed by atoms with Crippen molar-refractivity contribution in [2.75, 3.05) is 12.4 Å². The number of hydrogen-bond donors (Lipinski definition) is 2. The lowest BCUT2D eigenvalue weighted by Gasteiger charge is -2.06. The van der Waals surface area contributed by atoms with Crippen molar-refractivity contribution in [3.63, 3.8) is 0 Å². The van der Waals surface area contributed by atoms with E-state index in [4.69, 9.17) is 0 Å². The zero-order valence-electron chi connectivity index (χ0n) is 11.3. The van der Waals surface area contributed by atoms with Gasteiger partial charge in [-0.15, -0.1) is 0 Å². The molecule has 20 heavy (non-hydrogen) atoms. The fourth-order valence-electron chi connectivity index (χ4n) is 1.71. The lowest BCUT2D eigenvalue weighted by Crippen LogP contribution is -2.18. The number of rotatable bonds is 3. The van der Waals surface area contributed by atoms with Gasteiger partial charge in [0.15, 0.2) is 0 Å². The summed E-state index contributed by atoms with van der Waals surface area (Å²) in [6, 6.07) is 11.9. The first-order valence-corrected chi connectivity index (χ1v) is 6.17. The molecule has 2 rings (SSSR count). The number of carbonyl (C=O) groups is 2. The SMILES string of the molecule is CNC(=O)c1ccc(NC(=O)c2cccc(C)n2)cc1. The highest BCUT2D eigenvalue weighted by Crippen LogP contribution is 2.11. The Morgan fingerprint density at radius 1 is 1.00 bits per heavy atom. The summed E-state index contributed by atoms with van der Waals surface area (Å²) in [5.41, 5.74) is 2.30. The van der Waals surface area contributed by atoms with Gasteiger partial charge in [-0.05, 0) is 43.3 Å². The Morgan fingerprint density at radius 2 is 1.70 bits per heavy atom. The molecule has 2 aromatic rings. The number of aryl methyl sites for hydroxylation is 1. The van der Waals surface area contributed by atoms with Gasteiger partial charge >= 0.3 is 0 Å². The molecule has 0 unspecified atom stereocenters. The lowest BCUT2D eigenvalue weighted by molar-refractivity contribution is 0.0962. The first kappa shape index (κ1) is 13.7. The van der Waals surface area contributed by atoms with Crippen LogP contribution >= 0.6 is 0 Å². The number of aromatic nitrogens is 1. The van der Waals surface area contributed by atoms with Gasteiger partial charge in [-0.25, -0.2) is 4.98 Å². The third-order valence-corrected chi connectivity index (χ3v) is 2.75. The fraction of sp³-hybridized carbons (Fsp3) is 0.133. The van der Waals surface area contributed by atoms with Crippen molar-refractivity contribution < 1.29 is 9.59 Å². The molecule has 0 bridgehead atoms. The summed E-state index contributed by atoms with van der Waals surface area (Å²) in [5, 5.41) is 5.27. The van der Waals surface area contributed by atoms with Crippen molar-refractivity contribution in [2.45, 2.75) is 6.92 Å². The summed E-state index contributed by atoms with van der Waals surface area (Å²) in [6.45, 7) is 1.83. The number of pyridine rings is 1. The van der Waals surface area contributed by atoms with E-state index in [9.17, 15) is 9.59 Å². The summed E-state index contributed by atoms with van der Waals surface area (Å²) < 4.78 is 0. The van der Waals surface area contributed by atoms with Crippen LogP contribution in [0.25, 0.3) is 0 Å². The molecule has 0 saturated carbocycles. The van der Waals surface area contributed by atoms with Crippen LogP contribution in [0.1, 0.15) is 26.5 Å². The van der Waals surface area contributed by atoms with Gasteiger partial charge in [-0.2, -0.15) is 0 Å². The standard InChI is InChI=1S/C15H15N3O2/c1-10-4-3-5-13(17-10)15(20)18-12-8-6-11(7-9-12)14(19)16-2/h3-9H,1-2H3,(H,16,19)(H,18,20). The third kappa shape index (κ3) is 3.20. The molecular weight excluding hydrogens is 254 g/mol. The van der Waals surface area contributed by atoms with Crippen molar-refractivity contribution in [3.8, 4) is 0 Å². The molecule has 0 aliphatic heterocycles. The van der Waals surface area contributed by atoms with Crippen LogP contribution < -0.4 is 10.6 Å². The second kappa shape index (κ2) is 5.97. The van der Waals surface area contributed by atoms with E-state index in [0.717, 1.165) is 5.69 Å². The molecule has 0 atom stereocenters. The van der Waals surface area contributed by atoms with Crippen LogP contribution in [-0.4, -0.2) is 23.8 Å². The van der Waals surface area contributed by atoms with Gasteiger partial charge in [0.1, 0.15) is 5.69 Å². The lowest BCUT2D eigenvalue weighted by atomic mass is 10.2. The number of carbonyl (C=O) groups excluding carboxylic acids is 2. The van der Waals surface area contributed by atoms with Crippen LogP contribution in [0.3, 0.4) is 0 Å². The van der Waals surface area contributed by atoms with Gasteiger partial charge in [0.2, 0.25) is 0 Å². The van der Waals surface area contributed by atoms with E-state index in [1.165, 1.54) is 0 Å². The zero-order valence-corrected chi connectivity index (χ0v) is 11.3. The minimum absolute atomic E-state index is 0.164. The van der Waals surface area contributed by atoms with Gasteiger partial charge in [0.05, 0.1) is 0 Å². The van der Waals surface area contributed by atoms with Gasteiger partial charge in [-0.3, -0.25) is 9.59 Å². The highest BCUT2D eigenvalue weighted by molar-refractivity contribution is 6.03. The number of nitrogens with one attached hydrogen (secondary N) is 2. The first-order chi connectivity index (χ1) is 9.60. The summed E-state index contributed by atoms with van der Waals surface area (Å²) >= 11 is 0. The van der Waals surface area contributed by atoms with E-state index in [0.29, 0.717) is 16.9 Å². The van der Waals surface area contributed by atoms with Crippen LogP contribution in [-0.2, 0) is 0 Å². The maximum atomic E-state index is 12.0. The maximum absolute atomic E-state index is 12.0. The average molecular weight is 269 g/mol. The Bertz CT molecular complexity index is 636. The molecular formula is C15H15N3O2. The van der Waals surface area contributed by atoms with Crippen molar-refractivity contribution in [3.05, 3.63) is 59.4 Å². The van der Waals surface area contributed by atoms with Gasteiger partial charge in [0, 0.05) is 24.0 Å². The molecule has 2 N–H and O–H groups in total. The molecule has 1 aromatic carbocycles. The Labute approximate surface area is 117 Å². The van der Waals surface area contributed by atoms with Crippen molar-refractivity contribution >= 4 is 17.5 Å². The third-order valence-electron chi connectivity index (χ3n) is 2.75. The highest BCUT2D eigenvalue weighted by Gasteiger charge is 2.08. The minimum Gasteiger partial charge on any atom is -0.355 e. The Hall–Kier alpha value is -2.69. The quantitative estimate of drug-likeness (QED) is 0.895. The summed E-state index contributed by atoms with van der Waals surface area (Å²) in [7, 11) is 1.57. The number of benzene rings is 1. The van der Waals surface area contributed by atoms with Crippen molar-refractivity contribution in [2.24, 2.45) is 0 Å². The predicted molar refractivity (Wildman–Crippen MR) is 76.8 cm³/mol. The average Bonchev–Trinajstić information content (AvgIpc) is 2.47. The largest absolute Gasteiger partial charge is 0.355 e. The zero-order chi connectivity index (χ0) is 14.5. The summed E-state index contributed by atoms with van der Waals surface area (Å²) in [6.07, 6.45) is 0. The van der Waals surface area contributed by atoms with Crippen LogP contribution in [0.5, 0.6) is 0 Å². The molecule has 102 valence electrons. The molecule has 0 aliphatic rings. The Kier molecular flexibility index (Phi) is 4.10. The smallest absolute Gasteiger partial charge is 0.274 e. The van der Waals surface area contributed by atoms with Crippen LogP contribution in [0.15, 0.2) is 42.5 Å². The summed E-state index contributed by atoms with van der Waals surface area (Å²) in [5.74, 6) is -0.440.